The van der Waals surface area contributed by atoms with Gasteiger partial charge in [-0.1, -0.05) is 29.8 Å². The Hall–Kier alpha value is -2.97. The molecule has 7 nitrogen and oxygen atoms in total. The van der Waals surface area contributed by atoms with Crippen molar-refractivity contribution in [2.75, 3.05) is 4.72 Å². The van der Waals surface area contributed by atoms with Crippen molar-refractivity contribution in [3.63, 3.8) is 0 Å². The number of rotatable bonds is 5. The first-order valence-electron chi connectivity index (χ1n) is 7.29. The van der Waals surface area contributed by atoms with Crippen molar-refractivity contribution in [2.24, 2.45) is 0 Å². The lowest BCUT2D eigenvalue weighted by atomic mass is 10.1. The number of anilines is 1. The van der Waals surface area contributed by atoms with Crippen molar-refractivity contribution in [1.29, 1.82) is 0 Å². The van der Waals surface area contributed by atoms with Gasteiger partial charge in [0, 0.05) is 29.7 Å². The summed E-state index contributed by atoms with van der Waals surface area (Å²) in [5, 5.41) is 9.03. The number of hydrogen-bond acceptors (Lipinski definition) is 5. The first-order chi connectivity index (χ1) is 12.4. The van der Waals surface area contributed by atoms with E-state index in [1.165, 1.54) is 42.9 Å². The molecule has 0 saturated carbocycles. The van der Waals surface area contributed by atoms with Gasteiger partial charge in [-0.05, 0) is 24.3 Å². The third-order valence-electron chi connectivity index (χ3n) is 3.46. The van der Waals surface area contributed by atoms with E-state index >= 15 is 0 Å². The minimum atomic E-state index is -3.84. The maximum atomic E-state index is 12.5. The number of aromatic carboxylic acids is 1. The zero-order valence-electron chi connectivity index (χ0n) is 13.1. The monoisotopic (exact) mass is 389 g/mol. The van der Waals surface area contributed by atoms with E-state index in [2.05, 4.69) is 14.7 Å². The van der Waals surface area contributed by atoms with Crippen LogP contribution >= 0.6 is 11.6 Å². The summed E-state index contributed by atoms with van der Waals surface area (Å²) in [5.41, 5.74) is 1.02. The van der Waals surface area contributed by atoms with E-state index in [4.69, 9.17) is 16.7 Å². The summed E-state index contributed by atoms with van der Waals surface area (Å²) in [4.78, 5) is 19.0. The van der Waals surface area contributed by atoms with Crippen LogP contribution in [0.1, 0.15) is 10.4 Å². The Bertz CT molecular complexity index is 1070. The number of hydrogen-bond donors (Lipinski definition) is 2. The number of carboxylic acids is 1. The van der Waals surface area contributed by atoms with Gasteiger partial charge in [-0.3, -0.25) is 9.71 Å². The van der Waals surface area contributed by atoms with Gasteiger partial charge in [-0.15, -0.1) is 0 Å². The van der Waals surface area contributed by atoms with Crippen LogP contribution in [0.4, 0.5) is 5.69 Å². The van der Waals surface area contributed by atoms with Crippen LogP contribution in [0.2, 0.25) is 5.15 Å². The van der Waals surface area contributed by atoms with Crippen LogP contribution in [0.25, 0.3) is 11.1 Å². The standard InChI is InChI=1S/C17H12ClN3O4S/c18-16-15(21-26(24,25)14-4-2-1-3-5-14)7-12(10-20-16)11-6-13(17(22)23)9-19-8-11/h1-10,21H,(H,22,23). The Morgan fingerprint density at radius 1 is 1.04 bits per heavy atom. The number of pyridine rings is 2. The maximum Gasteiger partial charge on any atom is 0.337 e. The van der Waals surface area contributed by atoms with Crippen molar-refractivity contribution < 1.29 is 18.3 Å². The van der Waals surface area contributed by atoms with E-state index in [0.717, 1.165) is 0 Å². The highest BCUT2D eigenvalue weighted by molar-refractivity contribution is 7.92. The largest absolute Gasteiger partial charge is 0.478 e. The fourth-order valence-corrected chi connectivity index (χ4v) is 3.48. The van der Waals surface area contributed by atoms with Crippen LogP contribution < -0.4 is 4.72 Å². The summed E-state index contributed by atoms with van der Waals surface area (Å²) in [6, 6.07) is 10.7. The summed E-state index contributed by atoms with van der Waals surface area (Å²) in [6.07, 6.45) is 4.08. The molecule has 0 spiro atoms. The molecule has 3 aromatic rings. The number of halogens is 1. The van der Waals surface area contributed by atoms with Gasteiger partial charge in [-0.2, -0.15) is 0 Å². The van der Waals surface area contributed by atoms with Crippen LogP contribution in [0, 0.1) is 0 Å². The van der Waals surface area contributed by atoms with Gasteiger partial charge in [-0.25, -0.2) is 18.2 Å². The van der Waals surface area contributed by atoms with Crippen LogP contribution in [-0.2, 0) is 10.0 Å². The average Bonchev–Trinajstić information content (AvgIpc) is 2.64. The second kappa shape index (κ2) is 7.11. The second-order valence-electron chi connectivity index (χ2n) is 5.25. The molecule has 2 N–H and O–H groups in total. The Balaban J connectivity index is 1.99. The van der Waals surface area contributed by atoms with Crippen LogP contribution in [0.3, 0.4) is 0 Å². The van der Waals surface area contributed by atoms with Gasteiger partial charge in [0.15, 0.2) is 5.15 Å². The van der Waals surface area contributed by atoms with Crippen LogP contribution in [0.5, 0.6) is 0 Å². The molecule has 26 heavy (non-hydrogen) atoms. The van der Waals surface area contributed by atoms with Crippen LogP contribution in [0.15, 0.2) is 66.0 Å². The number of sulfonamides is 1. The second-order valence-corrected chi connectivity index (χ2v) is 7.29. The molecule has 0 fully saturated rings. The molecule has 0 atom stereocenters. The summed E-state index contributed by atoms with van der Waals surface area (Å²) < 4.78 is 27.3. The number of carbonyl (C=O) groups is 1. The molecule has 0 amide bonds. The van der Waals surface area contributed by atoms with Crippen molar-refractivity contribution in [2.45, 2.75) is 4.90 Å². The van der Waals surface area contributed by atoms with Crippen molar-refractivity contribution in [1.82, 2.24) is 9.97 Å². The topological polar surface area (TPSA) is 109 Å². The quantitative estimate of drug-likeness (QED) is 0.648. The van der Waals surface area contributed by atoms with Crippen molar-refractivity contribution >= 4 is 33.3 Å². The molecule has 2 aromatic heterocycles. The molecule has 2 heterocycles. The lowest BCUT2D eigenvalue weighted by Gasteiger charge is -2.11. The SMILES string of the molecule is O=C(O)c1cncc(-c2cnc(Cl)c(NS(=O)(=O)c3ccccc3)c2)c1. The molecule has 3 rings (SSSR count). The molecular weight excluding hydrogens is 378 g/mol. The summed E-state index contributed by atoms with van der Waals surface area (Å²) in [6.45, 7) is 0. The Morgan fingerprint density at radius 3 is 2.42 bits per heavy atom. The van der Waals surface area contributed by atoms with E-state index < -0.39 is 16.0 Å². The van der Waals surface area contributed by atoms with E-state index in [1.54, 1.807) is 18.2 Å². The molecule has 0 aliphatic carbocycles. The molecule has 0 bridgehead atoms. The number of nitrogens with zero attached hydrogens (tertiary/aromatic N) is 2. The highest BCUT2D eigenvalue weighted by atomic mass is 35.5. The first kappa shape index (κ1) is 17.8. The first-order valence-corrected chi connectivity index (χ1v) is 9.15. The fraction of sp³-hybridized carbons (Fsp3) is 0. The fourth-order valence-electron chi connectivity index (χ4n) is 2.20. The van der Waals surface area contributed by atoms with E-state index in [9.17, 15) is 13.2 Å². The molecule has 1 aromatic carbocycles. The van der Waals surface area contributed by atoms with E-state index in [0.29, 0.717) is 11.1 Å². The third-order valence-corrected chi connectivity index (χ3v) is 5.14. The van der Waals surface area contributed by atoms with Gasteiger partial charge >= 0.3 is 5.97 Å². The Labute approximate surface area is 154 Å². The summed E-state index contributed by atoms with van der Waals surface area (Å²) in [5.74, 6) is -1.12. The Kier molecular flexibility index (Phi) is 4.88. The molecule has 0 radical (unpaired) electrons. The Morgan fingerprint density at radius 2 is 1.73 bits per heavy atom. The van der Waals surface area contributed by atoms with Gasteiger partial charge in [0.1, 0.15) is 0 Å². The third kappa shape index (κ3) is 3.81. The predicted molar refractivity (Wildman–Crippen MR) is 96.7 cm³/mol. The maximum absolute atomic E-state index is 12.5. The van der Waals surface area contributed by atoms with Crippen molar-refractivity contribution in [3.8, 4) is 11.1 Å². The number of nitrogens with one attached hydrogen (secondary N) is 1. The number of benzene rings is 1. The van der Waals surface area contributed by atoms with Crippen LogP contribution in [-0.4, -0.2) is 29.5 Å². The highest BCUT2D eigenvalue weighted by Gasteiger charge is 2.17. The van der Waals surface area contributed by atoms with E-state index in [-0.39, 0.29) is 21.3 Å². The molecule has 0 aliphatic heterocycles. The number of aromatic nitrogens is 2. The lowest BCUT2D eigenvalue weighted by Crippen LogP contribution is -2.13. The molecule has 0 saturated heterocycles. The predicted octanol–water partition coefficient (Wildman–Crippen LogP) is 3.30. The zero-order valence-corrected chi connectivity index (χ0v) is 14.7. The average molecular weight is 390 g/mol. The molecule has 132 valence electrons. The number of carboxylic acid groups (broad SMARTS) is 1. The normalized spacial score (nSPS) is 11.1. The smallest absolute Gasteiger partial charge is 0.337 e. The highest BCUT2D eigenvalue weighted by Crippen LogP contribution is 2.28. The van der Waals surface area contributed by atoms with Gasteiger partial charge < -0.3 is 5.11 Å². The lowest BCUT2D eigenvalue weighted by molar-refractivity contribution is 0.0696. The summed E-state index contributed by atoms with van der Waals surface area (Å²) >= 11 is 6.01. The van der Waals surface area contributed by atoms with Gasteiger partial charge in [0.05, 0.1) is 16.1 Å². The molecular formula is C17H12ClN3O4S. The van der Waals surface area contributed by atoms with Gasteiger partial charge in [0.25, 0.3) is 10.0 Å². The zero-order chi connectivity index (χ0) is 18.7. The molecule has 0 unspecified atom stereocenters. The molecule has 0 aliphatic rings. The van der Waals surface area contributed by atoms with Crippen molar-refractivity contribution in [3.05, 3.63) is 71.8 Å². The minimum absolute atomic E-state index is 0.00358. The molecule has 9 heteroatoms. The minimum Gasteiger partial charge on any atom is -0.478 e. The van der Waals surface area contributed by atoms with Gasteiger partial charge in [0.2, 0.25) is 0 Å². The summed E-state index contributed by atoms with van der Waals surface area (Å²) in [7, 11) is -3.84. The van der Waals surface area contributed by atoms with E-state index in [1.807, 2.05) is 0 Å².